The van der Waals surface area contributed by atoms with E-state index >= 15 is 0 Å². The van der Waals surface area contributed by atoms with Gasteiger partial charge in [-0.1, -0.05) is 18.2 Å². The van der Waals surface area contributed by atoms with Gasteiger partial charge in [-0.05, 0) is 36.4 Å². The van der Waals surface area contributed by atoms with Gasteiger partial charge in [0.05, 0.1) is 11.9 Å². The largest absolute Gasteiger partial charge is 0.399 e. The predicted octanol–water partition coefficient (Wildman–Crippen LogP) is 2.80. The molecule has 3 aromatic rings. The van der Waals surface area contributed by atoms with E-state index in [0.717, 1.165) is 11.3 Å². The molecule has 1 aliphatic heterocycles. The summed E-state index contributed by atoms with van der Waals surface area (Å²) in [6, 6.07) is 16.9. The van der Waals surface area contributed by atoms with E-state index in [-0.39, 0.29) is 0 Å². The van der Waals surface area contributed by atoms with Gasteiger partial charge in [-0.25, -0.2) is 4.99 Å². The normalized spacial score (nSPS) is 19.5. The van der Waals surface area contributed by atoms with Crippen molar-refractivity contribution in [1.29, 1.82) is 0 Å². The molecule has 1 aliphatic rings. The number of hydrogen-bond donors (Lipinski definition) is 2. The maximum Gasteiger partial charge on any atom is 0.262 e. The minimum Gasteiger partial charge on any atom is -0.399 e. The predicted molar refractivity (Wildman–Crippen MR) is 94.3 cm³/mol. The van der Waals surface area contributed by atoms with Crippen molar-refractivity contribution < 1.29 is 0 Å². The number of azo groups is 1. The van der Waals surface area contributed by atoms with Crippen LogP contribution in [0.4, 0.5) is 5.69 Å². The average molecular weight is 335 g/mol. The molecule has 0 saturated carbocycles. The van der Waals surface area contributed by atoms with Crippen molar-refractivity contribution in [3.8, 4) is 5.69 Å². The van der Waals surface area contributed by atoms with E-state index < -0.39 is 4.99 Å². The third-order valence-corrected chi connectivity index (χ3v) is 3.96. The van der Waals surface area contributed by atoms with Crippen molar-refractivity contribution in [1.82, 2.24) is 15.0 Å². The molecule has 1 atom stereocenters. The molecule has 0 aliphatic carbocycles. The van der Waals surface area contributed by atoms with Gasteiger partial charge in [0.15, 0.2) is 5.84 Å². The Balaban J connectivity index is 1.66. The lowest BCUT2D eigenvalue weighted by Gasteiger charge is -2.09. The summed E-state index contributed by atoms with van der Waals surface area (Å²) in [7, 11) is 0. The number of nitrogens with zero attached hydrogens (tertiary/aromatic N) is 6. The van der Waals surface area contributed by atoms with Crippen LogP contribution in [0.5, 0.6) is 0 Å². The zero-order chi connectivity index (χ0) is 16.6. The molecule has 2 aromatic carbocycles. The Morgan fingerprint density at radius 1 is 1.00 bits per heavy atom. The summed E-state index contributed by atoms with van der Waals surface area (Å²) in [5.41, 5.74) is 8.54. The zero-order valence-electron chi connectivity index (χ0n) is 12.5. The highest BCUT2D eigenvalue weighted by atomic mass is 32.1. The number of hydrogen-bond acceptors (Lipinski definition) is 7. The lowest BCUT2D eigenvalue weighted by atomic mass is 10.2. The SMILES string of the molecule is Nc1ccc(C2=NC(S)(c3cnn(-c4ccccc4)n3)N=N2)cc1. The van der Waals surface area contributed by atoms with Gasteiger partial charge in [0.2, 0.25) is 0 Å². The fraction of sp³-hybridized carbons (Fsp3) is 0.0625. The minimum atomic E-state index is -1.18. The van der Waals surface area contributed by atoms with Crippen LogP contribution in [0.25, 0.3) is 5.69 Å². The molecule has 0 saturated heterocycles. The first kappa shape index (κ1) is 14.6. The Labute approximate surface area is 143 Å². The molecule has 8 heteroatoms. The number of para-hydroxylation sites is 1. The van der Waals surface area contributed by atoms with Crippen molar-refractivity contribution in [2.24, 2.45) is 15.2 Å². The van der Waals surface area contributed by atoms with Crippen LogP contribution in [0.2, 0.25) is 0 Å². The number of aliphatic imine (C=N–C) groups is 1. The number of amidine groups is 1. The van der Waals surface area contributed by atoms with E-state index in [1.165, 1.54) is 4.80 Å². The highest BCUT2D eigenvalue weighted by Gasteiger charge is 2.35. The summed E-state index contributed by atoms with van der Waals surface area (Å²) in [6.45, 7) is 0. The van der Waals surface area contributed by atoms with Gasteiger partial charge < -0.3 is 5.73 Å². The molecule has 7 nitrogen and oxygen atoms in total. The first-order chi connectivity index (χ1) is 11.6. The van der Waals surface area contributed by atoms with E-state index in [9.17, 15) is 0 Å². The number of thiol groups is 1. The van der Waals surface area contributed by atoms with Crippen LogP contribution in [0, 0.1) is 0 Å². The van der Waals surface area contributed by atoms with Crippen molar-refractivity contribution in [2.75, 3.05) is 5.73 Å². The second kappa shape index (κ2) is 5.57. The van der Waals surface area contributed by atoms with E-state index in [0.29, 0.717) is 17.2 Å². The number of nitrogens with two attached hydrogens (primary N) is 1. The topological polar surface area (TPSA) is 93.8 Å². The molecule has 2 N–H and O–H groups in total. The van der Waals surface area contributed by atoms with Crippen molar-refractivity contribution in [3.63, 3.8) is 0 Å². The fourth-order valence-corrected chi connectivity index (χ4v) is 2.52. The lowest BCUT2D eigenvalue weighted by molar-refractivity contribution is 0.650. The van der Waals surface area contributed by atoms with Crippen LogP contribution in [-0.2, 0) is 4.99 Å². The summed E-state index contributed by atoms with van der Waals surface area (Å²) in [4.78, 5) is 4.82. The Kier molecular flexibility index (Phi) is 3.39. The van der Waals surface area contributed by atoms with Gasteiger partial charge in [0.1, 0.15) is 5.69 Å². The quantitative estimate of drug-likeness (QED) is 0.569. The van der Waals surface area contributed by atoms with E-state index in [1.807, 2.05) is 42.5 Å². The molecule has 0 spiro atoms. The second-order valence-corrected chi connectivity index (χ2v) is 5.87. The Morgan fingerprint density at radius 3 is 2.50 bits per heavy atom. The Hall–Kier alpha value is -3.00. The first-order valence-corrected chi connectivity index (χ1v) is 7.68. The third kappa shape index (κ3) is 2.56. The molecule has 0 bridgehead atoms. The molecule has 1 unspecified atom stereocenters. The summed E-state index contributed by atoms with van der Waals surface area (Å²) < 4.78 is 0. The fourth-order valence-electron chi connectivity index (χ4n) is 2.27. The van der Waals surface area contributed by atoms with E-state index in [1.54, 1.807) is 18.3 Å². The average Bonchev–Trinajstić information content (AvgIpc) is 3.25. The van der Waals surface area contributed by atoms with Crippen LogP contribution in [-0.4, -0.2) is 20.8 Å². The van der Waals surface area contributed by atoms with Crippen LogP contribution in [0.1, 0.15) is 11.3 Å². The summed E-state index contributed by atoms with van der Waals surface area (Å²) >= 11 is 4.54. The molecular weight excluding hydrogens is 322 g/mol. The van der Waals surface area contributed by atoms with Crippen LogP contribution in [0.3, 0.4) is 0 Å². The van der Waals surface area contributed by atoms with E-state index in [4.69, 9.17) is 5.73 Å². The van der Waals surface area contributed by atoms with Gasteiger partial charge >= 0.3 is 0 Å². The van der Waals surface area contributed by atoms with Crippen molar-refractivity contribution in [2.45, 2.75) is 4.99 Å². The van der Waals surface area contributed by atoms with Crippen LogP contribution >= 0.6 is 12.6 Å². The number of anilines is 1. The number of aromatic nitrogens is 3. The van der Waals surface area contributed by atoms with Crippen molar-refractivity contribution in [3.05, 3.63) is 72.1 Å². The minimum absolute atomic E-state index is 0.485. The molecule has 4 rings (SSSR count). The first-order valence-electron chi connectivity index (χ1n) is 7.23. The second-order valence-electron chi connectivity index (χ2n) is 5.25. The van der Waals surface area contributed by atoms with Gasteiger partial charge in [-0.3, -0.25) is 0 Å². The van der Waals surface area contributed by atoms with Gasteiger partial charge in [0.25, 0.3) is 4.99 Å². The molecule has 0 radical (unpaired) electrons. The standard InChI is InChI=1S/C16H13N7S/c17-12-8-6-11(7-9-12)15-19-16(24,22-20-15)14-10-18-23(21-14)13-4-2-1-3-5-13/h1-10,24H,17H2. The van der Waals surface area contributed by atoms with Crippen LogP contribution < -0.4 is 5.73 Å². The van der Waals surface area contributed by atoms with Gasteiger partial charge in [-0.2, -0.15) is 9.90 Å². The molecule has 0 fully saturated rings. The molecule has 2 heterocycles. The molecule has 118 valence electrons. The highest BCUT2D eigenvalue weighted by Crippen LogP contribution is 2.35. The summed E-state index contributed by atoms with van der Waals surface area (Å²) in [6.07, 6.45) is 1.59. The highest BCUT2D eigenvalue weighted by molar-refractivity contribution is 7.81. The van der Waals surface area contributed by atoms with Gasteiger partial charge in [0, 0.05) is 11.3 Å². The lowest BCUT2D eigenvalue weighted by Crippen LogP contribution is -2.12. The Morgan fingerprint density at radius 2 is 1.75 bits per heavy atom. The monoisotopic (exact) mass is 335 g/mol. The number of benzene rings is 2. The van der Waals surface area contributed by atoms with E-state index in [2.05, 4.69) is 38.0 Å². The zero-order valence-corrected chi connectivity index (χ0v) is 13.4. The van der Waals surface area contributed by atoms with Gasteiger partial charge in [-0.15, -0.1) is 28.0 Å². The Bertz CT molecular complexity index is 931. The molecule has 1 aromatic heterocycles. The molecule has 24 heavy (non-hydrogen) atoms. The van der Waals surface area contributed by atoms with Crippen molar-refractivity contribution >= 4 is 24.2 Å². The summed E-state index contributed by atoms with van der Waals surface area (Å²) in [5, 5.41) is 17.0. The number of nitrogen functional groups attached to an aromatic ring is 1. The smallest absolute Gasteiger partial charge is 0.262 e. The molecular formula is C16H13N7S. The maximum atomic E-state index is 5.70. The third-order valence-electron chi connectivity index (χ3n) is 3.54. The molecule has 0 amide bonds. The number of rotatable bonds is 3. The summed E-state index contributed by atoms with van der Waals surface area (Å²) in [5.74, 6) is 0.485. The van der Waals surface area contributed by atoms with Crippen LogP contribution in [0.15, 0.2) is 76.0 Å². The maximum absolute atomic E-state index is 5.70.